The number of fused-ring (bicyclic) bond motifs is 1. The van der Waals surface area contributed by atoms with Crippen LogP contribution in [0, 0.1) is 0 Å². The number of aromatic nitrogens is 1. The third-order valence-electron chi connectivity index (χ3n) is 4.37. The van der Waals surface area contributed by atoms with Crippen LogP contribution in [-0.4, -0.2) is 16.5 Å². The fourth-order valence-electron chi connectivity index (χ4n) is 2.99. The lowest BCUT2D eigenvalue weighted by atomic mass is 10.1. The number of halogens is 1. The van der Waals surface area contributed by atoms with Crippen LogP contribution in [0.25, 0.3) is 10.9 Å². The van der Waals surface area contributed by atoms with Gasteiger partial charge in [0.15, 0.2) is 5.43 Å². The largest absolute Gasteiger partial charge is 0.352 e. The zero-order valence-corrected chi connectivity index (χ0v) is 16.2. The lowest BCUT2D eigenvalue weighted by Gasteiger charge is -2.16. The molecule has 0 aliphatic carbocycles. The van der Waals surface area contributed by atoms with E-state index in [9.17, 15) is 9.59 Å². The Kier molecular flexibility index (Phi) is 5.89. The molecule has 1 N–H and O–H groups in total. The van der Waals surface area contributed by atoms with Gasteiger partial charge in [0.1, 0.15) is 6.54 Å². The Labute approximate surface area is 161 Å². The monoisotopic (exact) mass is 412 g/mol. The molecule has 0 radical (unpaired) electrons. The highest BCUT2D eigenvalue weighted by molar-refractivity contribution is 9.10. The Morgan fingerprint density at radius 1 is 1.15 bits per heavy atom. The first-order valence-corrected chi connectivity index (χ1v) is 9.44. The summed E-state index contributed by atoms with van der Waals surface area (Å²) in [5, 5.41) is 3.65. The number of nitrogens with one attached hydrogen (secondary N) is 1. The molecule has 0 saturated carbocycles. The number of hydrogen-bond acceptors (Lipinski definition) is 2. The Morgan fingerprint density at radius 3 is 2.69 bits per heavy atom. The van der Waals surface area contributed by atoms with Crippen molar-refractivity contribution >= 4 is 32.7 Å². The van der Waals surface area contributed by atoms with Gasteiger partial charge in [-0.25, -0.2) is 0 Å². The molecule has 3 rings (SSSR count). The zero-order valence-electron chi connectivity index (χ0n) is 14.6. The number of aryl methyl sites for hydroxylation is 1. The second kappa shape index (κ2) is 8.32. The first-order chi connectivity index (χ1) is 12.5. The van der Waals surface area contributed by atoms with Crippen LogP contribution in [0.4, 0.5) is 0 Å². The normalized spacial score (nSPS) is 12.1. The van der Waals surface area contributed by atoms with Gasteiger partial charge in [0.25, 0.3) is 0 Å². The van der Waals surface area contributed by atoms with Crippen molar-refractivity contribution in [3.8, 4) is 0 Å². The SMILES string of the molecule is CC(CCc1ccccc1)NC(=O)Cn1ccc(=O)c2ccc(Br)cc21. The van der Waals surface area contributed by atoms with Gasteiger partial charge in [0, 0.05) is 28.2 Å². The van der Waals surface area contributed by atoms with E-state index in [1.807, 2.05) is 37.3 Å². The number of hydrogen-bond donors (Lipinski definition) is 1. The molecule has 1 unspecified atom stereocenters. The maximum atomic E-state index is 12.4. The summed E-state index contributed by atoms with van der Waals surface area (Å²) in [6, 6.07) is 17.3. The van der Waals surface area contributed by atoms with Gasteiger partial charge in [-0.2, -0.15) is 0 Å². The molecule has 4 nitrogen and oxygen atoms in total. The molecule has 0 saturated heterocycles. The number of carbonyl (C=O) groups is 1. The van der Waals surface area contributed by atoms with Gasteiger partial charge in [-0.1, -0.05) is 46.3 Å². The van der Waals surface area contributed by atoms with Crippen LogP contribution in [-0.2, 0) is 17.8 Å². The van der Waals surface area contributed by atoms with E-state index in [0.29, 0.717) is 5.39 Å². The lowest BCUT2D eigenvalue weighted by molar-refractivity contribution is -0.122. The summed E-state index contributed by atoms with van der Waals surface area (Å²) in [4.78, 5) is 24.4. The number of rotatable bonds is 6. The molecule has 3 aromatic rings. The number of nitrogens with zero attached hydrogens (tertiary/aromatic N) is 1. The van der Waals surface area contributed by atoms with Gasteiger partial charge in [0.2, 0.25) is 5.91 Å². The van der Waals surface area contributed by atoms with Crippen molar-refractivity contribution in [3.05, 3.63) is 81.1 Å². The highest BCUT2D eigenvalue weighted by atomic mass is 79.9. The van der Waals surface area contributed by atoms with E-state index < -0.39 is 0 Å². The van der Waals surface area contributed by atoms with Gasteiger partial charge >= 0.3 is 0 Å². The van der Waals surface area contributed by atoms with Crippen LogP contribution in [0.3, 0.4) is 0 Å². The summed E-state index contributed by atoms with van der Waals surface area (Å²) in [6.07, 6.45) is 3.48. The summed E-state index contributed by atoms with van der Waals surface area (Å²) < 4.78 is 2.68. The summed E-state index contributed by atoms with van der Waals surface area (Å²) in [6.45, 7) is 2.20. The molecule has 1 heterocycles. The number of pyridine rings is 1. The van der Waals surface area contributed by atoms with Crippen LogP contribution >= 0.6 is 15.9 Å². The molecule has 0 spiro atoms. The van der Waals surface area contributed by atoms with Crippen molar-refractivity contribution in [2.45, 2.75) is 32.4 Å². The van der Waals surface area contributed by atoms with Gasteiger partial charge in [0.05, 0.1) is 5.52 Å². The van der Waals surface area contributed by atoms with Crippen LogP contribution in [0.1, 0.15) is 18.9 Å². The Morgan fingerprint density at radius 2 is 1.92 bits per heavy atom. The molecule has 2 aromatic carbocycles. The molecule has 5 heteroatoms. The van der Waals surface area contributed by atoms with E-state index in [4.69, 9.17) is 0 Å². The standard InChI is InChI=1S/C21H21BrN2O2/c1-15(7-8-16-5-3-2-4-6-16)23-21(26)14-24-12-11-20(25)18-10-9-17(22)13-19(18)24/h2-6,9-13,15H,7-8,14H2,1H3,(H,23,26). The molecule has 1 aromatic heterocycles. The maximum Gasteiger partial charge on any atom is 0.240 e. The highest BCUT2D eigenvalue weighted by Gasteiger charge is 2.10. The molecule has 0 fully saturated rings. The molecule has 0 aliphatic heterocycles. The minimum absolute atomic E-state index is 0.0413. The molecule has 1 amide bonds. The predicted octanol–water partition coefficient (Wildman–Crippen LogP) is 3.90. The summed E-state index contributed by atoms with van der Waals surface area (Å²) in [5.74, 6) is -0.0597. The average molecular weight is 413 g/mol. The number of carbonyl (C=O) groups excluding carboxylic acids is 1. The van der Waals surface area contributed by atoms with Crippen molar-refractivity contribution < 1.29 is 4.79 Å². The smallest absolute Gasteiger partial charge is 0.240 e. The molecule has 0 bridgehead atoms. The molecule has 26 heavy (non-hydrogen) atoms. The summed E-state index contributed by atoms with van der Waals surface area (Å²) in [7, 11) is 0. The van der Waals surface area contributed by atoms with Gasteiger partial charge in [-0.05, 0) is 43.5 Å². The maximum absolute atomic E-state index is 12.4. The first-order valence-electron chi connectivity index (χ1n) is 8.65. The van der Waals surface area contributed by atoms with Gasteiger partial charge < -0.3 is 9.88 Å². The Bertz CT molecular complexity index is 967. The van der Waals surface area contributed by atoms with Gasteiger partial charge in [-0.15, -0.1) is 0 Å². The van der Waals surface area contributed by atoms with E-state index in [0.717, 1.165) is 22.8 Å². The first kappa shape index (κ1) is 18.4. The number of benzene rings is 2. The minimum atomic E-state index is -0.0597. The topological polar surface area (TPSA) is 51.1 Å². The molecular formula is C21H21BrN2O2. The van der Waals surface area contributed by atoms with E-state index >= 15 is 0 Å². The molecule has 0 aliphatic rings. The third-order valence-corrected chi connectivity index (χ3v) is 4.86. The Hall–Kier alpha value is -2.40. The van der Waals surface area contributed by atoms with Crippen molar-refractivity contribution in [1.82, 2.24) is 9.88 Å². The predicted molar refractivity (Wildman–Crippen MR) is 108 cm³/mol. The van der Waals surface area contributed by atoms with Crippen molar-refractivity contribution in [2.24, 2.45) is 0 Å². The second-order valence-corrected chi connectivity index (χ2v) is 7.38. The van der Waals surface area contributed by atoms with Gasteiger partial charge in [-0.3, -0.25) is 9.59 Å². The van der Waals surface area contributed by atoms with Crippen molar-refractivity contribution in [2.75, 3.05) is 0 Å². The van der Waals surface area contributed by atoms with Crippen LogP contribution in [0.2, 0.25) is 0 Å². The average Bonchev–Trinajstić information content (AvgIpc) is 2.63. The molecule has 134 valence electrons. The highest BCUT2D eigenvalue weighted by Crippen LogP contribution is 2.17. The minimum Gasteiger partial charge on any atom is -0.352 e. The molecular weight excluding hydrogens is 392 g/mol. The van der Waals surface area contributed by atoms with E-state index in [2.05, 4.69) is 33.4 Å². The van der Waals surface area contributed by atoms with E-state index in [1.54, 1.807) is 16.8 Å². The lowest BCUT2D eigenvalue weighted by Crippen LogP contribution is -2.35. The second-order valence-electron chi connectivity index (χ2n) is 6.46. The molecule has 1 atom stereocenters. The van der Waals surface area contributed by atoms with E-state index in [1.165, 1.54) is 11.6 Å². The third kappa shape index (κ3) is 4.61. The zero-order chi connectivity index (χ0) is 18.5. The Balaban J connectivity index is 1.65. The summed E-state index contributed by atoms with van der Waals surface area (Å²) in [5.41, 5.74) is 1.98. The fraction of sp³-hybridized carbons (Fsp3) is 0.238. The summed E-state index contributed by atoms with van der Waals surface area (Å²) >= 11 is 3.42. The van der Waals surface area contributed by atoms with Crippen molar-refractivity contribution in [3.63, 3.8) is 0 Å². The van der Waals surface area contributed by atoms with Crippen LogP contribution in [0.5, 0.6) is 0 Å². The van der Waals surface area contributed by atoms with Crippen molar-refractivity contribution in [1.29, 1.82) is 0 Å². The van der Waals surface area contributed by atoms with Crippen LogP contribution < -0.4 is 10.7 Å². The quantitative estimate of drug-likeness (QED) is 0.667. The van der Waals surface area contributed by atoms with Crippen LogP contribution in [0.15, 0.2) is 70.1 Å². The van der Waals surface area contributed by atoms with E-state index in [-0.39, 0.29) is 23.9 Å². The fourth-order valence-corrected chi connectivity index (χ4v) is 3.34. The number of amides is 1.